The highest BCUT2D eigenvalue weighted by Gasteiger charge is 2.13. The lowest BCUT2D eigenvalue weighted by molar-refractivity contribution is 0.0600. The molecule has 0 spiro atoms. The summed E-state index contributed by atoms with van der Waals surface area (Å²) in [4.78, 5) is 4.41. The van der Waals surface area contributed by atoms with E-state index in [4.69, 9.17) is 5.11 Å². The summed E-state index contributed by atoms with van der Waals surface area (Å²) in [5.74, 6) is 5.55. The van der Waals surface area contributed by atoms with Crippen molar-refractivity contribution >= 4 is 11.3 Å². The van der Waals surface area contributed by atoms with Crippen molar-refractivity contribution in [1.29, 1.82) is 0 Å². The van der Waals surface area contributed by atoms with E-state index in [1.165, 1.54) is 4.88 Å². The Bertz CT molecular complexity index is 423. The Morgan fingerprint density at radius 2 is 2.11 bits per heavy atom. The molecule has 4 heteroatoms. The van der Waals surface area contributed by atoms with E-state index in [1.54, 1.807) is 11.3 Å². The van der Waals surface area contributed by atoms with Gasteiger partial charge in [0.15, 0.2) is 0 Å². The number of hydrogen-bond donors (Lipinski definition) is 2. The molecule has 0 atom stereocenters. The number of aliphatic hydroxyl groups is 2. The van der Waals surface area contributed by atoms with Gasteiger partial charge in [0, 0.05) is 18.0 Å². The van der Waals surface area contributed by atoms with Gasteiger partial charge in [0.25, 0.3) is 0 Å². The fraction of sp³-hybridized carbons (Fsp3) is 0.571. The summed E-state index contributed by atoms with van der Waals surface area (Å²) in [7, 11) is 2.05. The Labute approximate surface area is 113 Å². The fourth-order valence-electron chi connectivity index (χ4n) is 1.47. The highest BCUT2D eigenvalue weighted by atomic mass is 32.1. The van der Waals surface area contributed by atoms with E-state index >= 15 is 0 Å². The predicted molar refractivity (Wildman–Crippen MR) is 75.5 cm³/mol. The molecule has 1 rings (SSSR count). The fourth-order valence-corrected chi connectivity index (χ4v) is 2.43. The van der Waals surface area contributed by atoms with E-state index in [0.717, 1.165) is 24.4 Å². The molecule has 3 nitrogen and oxygen atoms in total. The van der Waals surface area contributed by atoms with Crippen LogP contribution < -0.4 is 0 Å². The van der Waals surface area contributed by atoms with Gasteiger partial charge in [-0.3, -0.25) is 0 Å². The lowest BCUT2D eigenvalue weighted by atomic mass is 10.1. The molecule has 0 bridgehead atoms. The zero-order valence-corrected chi connectivity index (χ0v) is 12.0. The van der Waals surface area contributed by atoms with Gasteiger partial charge in [-0.05, 0) is 39.4 Å². The lowest BCUT2D eigenvalue weighted by Crippen LogP contribution is -2.27. The third kappa shape index (κ3) is 6.18. The summed E-state index contributed by atoms with van der Waals surface area (Å²) in [6, 6.07) is 4.04. The van der Waals surface area contributed by atoms with Crippen LogP contribution in [-0.4, -0.2) is 40.9 Å². The Morgan fingerprint density at radius 3 is 2.72 bits per heavy atom. The number of hydrogen-bond acceptors (Lipinski definition) is 4. The summed E-state index contributed by atoms with van der Waals surface area (Å²) in [5, 5.41) is 18.3. The first-order valence-electron chi connectivity index (χ1n) is 6.00. The van der Waals surface area contributed by atoms with Crippen LogP contribution >= 0.6 is 11.3 Å². The summed E-state index contributed by atoms with van der Waals surface area (Å²) < 4.78 is 0. The van der Waals surface area contributed by atoms with E-state index in [2.05, 4.69) is 22.8 Å². The summed E-state index contributed by atoms with van der Waals surface area (Å²) >= 11 is 1.65. The Kier molecular flexibility index (Phi) is 5.83. The molecule has 0 aliphatic carbocycles. The molecule has 1 aromatic rings. The number of aliphatic hydroxyl groups excluding tert-OH is 1. The Hall–Kier alpha value is -0.860. The molecule has 100 valence electrons. The minimum atomic E-state index is -0.610. The minimum Gasteiger partial charge on any atom is -0.390 e. The zero-order valence-electron chi connectivity index (χ0n) is 11.2. The van der Waals surface area contributed by atoms with Crippen molar-refractivity contribution in [2.45, 2.75) is 32.4 Å². The van der Waals surface area contributed by atoms with Gasteiger partial charge in [-0.25, -0.2) is 0 Å². The number of rotatable bonds is 5. The molecule has 2 N–H and O–H groups in total. The molecule has 0 saturated carbocycles. The normalized spacial score (nSPS) is 11.4. The highest BCUT2D eigenvalue weighted by Crippen LogP contribution is 2.17. The van der Waals surface area contributed by atoms with Gasteiger partial charge in [-0.15, -0.1) is 11.3 Å². The summed E-state index contributed by atoms with van der Waals surface area (Å²) in [6.07, 6.45) is 0.756. The molecule has 0 saturated heterocycles. The van der Waals surface area contributed by atoms with Crippen molar-refractivity contribution in [3.05, 3.63) is 21.9 Å². The molecule has 0 amide bonds. The van der Waals surface area contributed by atoms with E-state index in [-0.39, 0.29) is 6.61 Å². The molecular formula is C14H21NO2S. The van der Waals surface area contributed by atoms with Crippen LogP contribution in [-0.2, 0) is 6.54 Å². The standard InChI is InChI=1S/C14H21NO2S/c1-14(2,17)8-9-15(3)11-13-7-6-12(18-13)5-4-10-16/h6-7,16-17H,8-11H2,1-3H3. The number of nitrogens with zero attached hydrogens (tertiary/aromatic N) is 1. The highest BCUT2D eigenvalue weighted by molar-refractivity contribution is 7.12. The van der Waals surface area contributed by atoms with Crippen molar-refractivity contribution in [2.75, 3.05) is 20.2 Å². The molecule has 0 radical (unpaired) electrons. The van der Waals surface area contributed by atoms with E-state index in [1.807, 2.05) is 27.0 Å². The number of thiophene rings is 1. The van der Waals surface area contributed by atoms with Gasteiger partial charge in [0.1, 0.15) is 6.61 Å². The molecule has 18 heavy (non-hydrogen) atoms. The van der Waals surface area contributed by atoms with Gasteiger partial charge in [0.05, 0.1) is 10.5 Å². The van der Waals surface area contributed by atoms with Crippen LogP contribution in [0.4, 0.5) is 0 Å². The van der Waals surface area contributed by atoms with Gasteiger partial charge < -0.3 is 15.1 Å². The second kappa shape index (κ2) is 6.91. The van der Waals surface area contributed by atoms with Gasteiger partial charge in [-0.1, -0.05) is 11.8 Å². The quantitative estimate of drug-likeness (QED) is 0.798. The van der Waals surface area contributed by atoms with Crippen LogP contribution in [0, 0.1) is 11.8 Å². The van der Waals surface area contributed by atoms with Crippen molar-refractivity contribution in [1.82, 2.24) is 4.90 Å². The molecule has 0 fully saturated rings. The van der Waals surface area contributed by atoms with Crippen molar-refractivity contribution in [2.24, 2.45) is 0 Å². The van der Waals surface area contributed by atoms with E-state index in [9.17, 15) is 5.11 Å². The maximum absolute atomic E-state index is 9.67. The first-order chi connectivity index (χ1) is 8.40. The second-order valence-corrected chi connectivity index (χ2v) is 6.19. The third-order valence-electron chi connectivity index (χ3n) is 2.48. The van der Waals surface area contributed by atoms with Crippen LogP contribution in [0.15, 0.2) is 12.1 Å². The maximum atomic E-state index is 9.67. The van der Waals surface area contributed by atoms with Gasteiger partial charge in [-0.2, -0.15) is 0 Å². The monoisotopic (exact) mass is 267 g/mol. The molecule has 0 aromatic carbocycles. The maximum Gasteiger partial charge on any atom is 0.104 e. The molecule has 1 heterocycles. The van der Waals surface area contributed by atoms with Crippen LogP contribution in [0.1, 0.15) is 30.0 Å². The zero-order chi connectivity index (χ0) is 13.6. The molecule has 1 aromatic heterocycles. The summed E-state index contributed by atoms with van der Waals surface area (Å²) in [6.45, 7) is 5.28. The minimum absolute atomic E-state index is 0.0985. The molecular weight excluding hydrogens is 246 g/mol. The van der Waals surface area contributed by atoms with Crippen molar-refractivity contribution < 1.29 is 10.2 Å². The average Bonchev–Trinajstić information content (AvgIpc) is 2.70. The van der Waals surface area contributed by atoms with Crippen LogP contribution in [0.2, 0.25) is 0 Å². The van der Waals surface area contributed by atoms with Gasteiger partial charge >= 0.3 is 0 Å². The Morgan fingerprint density at radius 1 is 1.39 bits per heavy atom. The first kappa shape index (κ1) is 15.2. The van der Waals surface area contributed by atoms with Crippen LogP contribution in [0.25, 0.3) is 0 Å². The summed E-state index contributed by atoms with van der Waals surface area (Å²) in [5.41, 5.74) is -0.610. The lowest BCUT2D eigenvalue weighted by Gasteiger charge is -2.22. The Balaban J connectivity index is 2.44. The van der Waals surface area contributed by atoms with Crippen LogP contribution in [0.3, 0.4) is 0 Å². The van der Waals surface area contributed by atoms with Crippen molar-refractivity contribution in [3.8, 4) is 11.8 Å². The van der Waals surface area contributed by atoms with Crippen LogP contribution in [0.5, 0.6) is 0 Å². The van der Waals surface area contributed by atoms with Gasteiger partial charge in [0.2, 0.25) is 0 Å². The van der Waals surface area contributed by atoms with Crippen molar-refractivity contribution in [3.63, 3.8) is 0 Å². The topological polar surface area (TPSA) is 43.7 Å². The van der Waals surface area contributed by atoms with E-state index in [0.29, 0.717) is 0 Å². The first-order valence-corrected chi connectivity index (χ1v) is 6.82. The van der Waals surface area contributed by atoms with E-state index < -0.39 is 5.60 Å². The predicted octanol–water partition coefficient (Wildman–Crippen LogP) is 1.68. The molecule has 0 unspecified atom stereocenters. The SMILES string of the molecule is CN(CCC(C)(C)O)Cc1ccc(C#CCO)s1. The third-order valence-corrected chi connectivity index (χ3v) is 3.47. The second-order valence-electron chi connectivity index (χ2n) is 5.03. The average molecular weight is 267 g/mol. The smallest absolute Gasteiger partial charge is 0.104 e. The molecule has 0 aliphatic heterocycles. The largest absolute Gasteiger partial charge is 0.390 e. The molecule has 0 aliphatic rings.